The number of aliphatic hydroxyl groups excluding tert-OH is 1. The van der Waals surface area contributed by atoms with Gasteiger partial charge in [0.05, 0.1) is 11.4 Å². The van der Waals surface area contributed by atoms with Crippen molar-refractivity contribution in [3.63, 3.8) is 0 Å². The lowest BCUT2D eigenvalue weighted by atomic mass is 10.0. The number of aromatic nitrogens is 1. The lowest BCUT2D eigenvalue weighted by Gasteiger charge is -2.30. The molecule has 6 nitrogen and oxygen atoms in total. The minimum Gasteiger partial charge on any atom is -0.396 e. The fourth-order valence-corrected chi connectivity index (χ4v) is 3.28. The van der Waals surface area contributed by atoms with E-state index in [1.165, 1.54) is 35.4 Å². The second-order valence-electron chi connectivity index (χ2n) is 6.77. The summed E-state index contributed by atoms with van der Waals surface area (Å²) in [5.74, 6) is -2.31. The first-order valence-corrected chi connectivity index (χ1v) is 9.26. The zero-order chi connectivity index (χ0) is 21.8. The molecule has 2 amide bonds. The van der Waals surface area contributed by atoms with Crippen LogP contribution in [0.15, 0.2) is 47.4 Å². The van der Waals surface area contributed by atoms with Crippen molar-refractivity contribution < 1.29 is 23.1 Å². The number of fused-ring (bicyclic) bond motifs is 1. The third-order valence-corrected chi connectivity index (χ3v) is 4.78. The topological polar surface area (TPSA) is 85.4 Å². The molecule has 30 heavy (non-hydrogen) atoms. The van der Waals surface area contributed by atoms with Gasteiger partial charge in [-0.15, -0.1) is 0 Å². The van der Waals surface area contributed by atoms with E-state index < -0.39 is 35.1 Å². The van der Waals surface area contributed by atoms with Crippen molar-refractivity contribution in [3.05, 3.63) is 76.0 Å². The van der Waals surface area contributed by atoms with E-state index in [4.69, 9.17) is 0 Å². The van der Waals surface area contributed by atoms with Crippen molar-refractivity contribution in [2.45, 2.75) is 19.4 Å². The van der Waals surface area contributed by atoms with Crippen LogP contribution < -0.4 is 10.9 Å². The predicted octanol–water partition coefficient (Wildman–Crippen LogP) is 3.92. The smallest absolute Gasteiger partial charge is 0.322 e. The molecule has 0 spiro atoms. The molecule has 0 aliphatic rings. The lowest BCUT2D eigenvalue weighted by Crippen LogP contribution is -2.38. The van der Waals surface area contributed by atoms with Crippen LogP contribution in [0.5, 0.6) is 0 Å². The maximum atomic E-state index is 14.2. The number of aromatic amines is 1. The first-order valence-electron chi connectivity index (χ1n) is 9.26. The van der Waals surface area contributed by atoms with E-state index in [1.54, 1.807) is 6.92 Å². The highest BCUT2D eigenvalue weighted by atomic mass is 19.1. The summed E-state index contributed by atoms with van der Waals surface area (Å²) < 4.78 is 41.2. The molecule has 0 saturated carbocycles. The number of carbonyl (C=O) groups excluding carboxylic acids is 1. The summed E-state index contributed by atoms with van der Waals surface area (Å²) in [6.45, 7) is 1.59. The maximum absolute atomic E-state index is 14.2. The van der Waals surface area contributed by atoms with Crippen LogP contribution in [0.1, 0.15) is 24.9 Å². The number of nitrogens with one attached hydrogen (secondary N) is 2. The Morgan fingerprint density at radius 2 is 1.87 bits per heavy atom. The van der Waals surface area contributed by atoms with Crippen LogP contribution in [0, 0.1) is 17.5 Å². The van der Waals surface area contributed by atoms with Gasteiger partial charge in [0, 0.05) is 31.1 Å². The Morgan fingerprint density at radius 3 is 2.53 bits per heavy atom. The molecule has 0 bridgehead atoms. The number of H-pyrrole nitrogens is 1. The quantitative estimate of drug-likeness (QED) is 0.566. The second-order valence-corrected chi connectivity index (χ2v) is 6.77. The van der Waals surface area contributed by atoms with Gasteiger partial charge in [0.1, 0.15) is 17.5 Å². The highest BCUT2D eigenvalue weighted by Gasteiger charge is 2.24. The second kappa shape index (κ2) is 9.00. The first kappa shape index (κ1) is 21.4. The van der Waals surface area contributed by atoms with Crippen molar-refractivity contribution in [2.75, 3.05) is 18.5 Å². The summed E-state index contributed by atoms with van der Waals surface area (Å²) in [5, 5.41) is 11.6. The summed E-state index contributed by atoms with van der Waals surface area (Å²) in [4.78, 5) is 28.7. The number of aliphatic hydroxyl groups is 1. The number of hydrogen-bond donors (Lipinski definition) is 3. The number of pyridine rings is 1. The third-order valence-electron chi connectivity index (χ3n) is 4.78. The van der Waals surface area contributed by atoms with Gasteiger partial charge in [-0.1, -0.05) is 0 Å². The standard InChI is InChI=1S/C21H20F3N3O3/c1-12(17-11-25-20(29)19-16(17)9-14(23)10-18(19)24)27(7-2-8-28)21(30)26-15-5-3-13(22)4-6-15/h3-6,9-12,28H,2,7-8H2,1H3,(H,25,29)(H,26,30). The van der Waals surface area contributed by atoms with Crippen LogP contribution in [0.25, 0.3) is 10.8 Å². The number of hydrogen-bond acceptors (Lipinski definition) is 3. The monoisotopic (exact) mass is 419 g/mol. The van der Waals surface area contributed by atoms with Crippen molar-refractivity contribution in [1.82, 2.24) is 9.88 Å². The molecule has 1 atom stereocenters. The number of carbonyl (C=O) groups is 1. The van der Waals surface area contributed by atoms with Crippen molar-refractivity contribution >= 4 is 22.5 Å². The largest absolute Gasteiger partial charge is 0.396 e. The minimum atomic E-state index is -1.00. The average Bonchev–Trinajstić information content (AvgIpc) is 2.69. The molecule has 9 heteroatoms. The Labute approximate surface area is 170 Å². The Kier molecular flexibility index (Phi) is 6.41. The molecule has 1 unspecified atom stereocenters. The molecule has 0 aliphatic carbocycles. The number of urea groups is 1. The Morgan fingerprint density at radius 1 is 1.17 bits per heavy atom. The van der Waals surface area contributed by atoms with E-state index in [0.717, 1.165) is 6.07 Å². The van der Waals surface area contributed by atoms with E-state index in [0.29, 0.717) is 17.3 Å². The molecule has 0 fully saturated rings. The third kappa shape index (κ3) is 4.46. The number of benzene rings is 2. The van der Waals surface area contributed by atoms with Gasteiger partial charge >= 0.3 is 6.03 Å². The minimum absolute atomic E-state index is 0.0485. The first-order chi connectivity index (χ1) is 14.3. The summed E-state index contributed by atoms with van der Waals surface area (Å²) in [6.07, 6.45) is 1.57. The highest BCUT2D eigenvalue weighted by Crippen LogP contribution is 2.28. The van der Waals surface area contributed by atoms with E-state index >= 15 is 0 Å². The molecular formula is C21H20F3N3O3. The maximum Gasteiger partial charge on any atom is 0.322 e. The van der Waals surface area contributed by atoms with Crippen LogP contribution in [0.4, 0.5) is 23.7 Å². The van der Waals surface area contributed by atoms with Crippen LogP contribution in [-0.4, -0.2) is 34.2 Å². The Bertz CT molecular complexity index is 1120. The summed E-state index contributed by atoms with van der Waals surface area (Å²) in [6, 6.07) is 5.57. The zero-order valence-corrected chi connectivity index (χ0v) is 16.1. The van der Waals surface area contributed by atoms with Crippen LogP contribution in [0.2, 0.25) is 0 Å². The SMILES string of the molecule is CC(c1c[nH]c(=O)c2c(F)cc(F)cc12)N(CCCO)C(=O)Nc1ccc(F)cc1. The molecule has 0 saturated heterocycles. The van der Waals surface area contributed by atoms with Crippen molar-refractivity contribution in [2.24, 2.45) is 0 Å². The molecule has 3 rings (SSSR count). The van der Waals surface area contributed by atoms with Crippen molar-refractivity contribution in [1.29, 1.82) is 0 Å². The van der Waals surface area contributed by atoms with E-state index in [2.05, 4.69) is 10.3 Å². The highest BCUT2D eigenvalue weighted by molar-refractivity contribution is 5.91. The predicted molar refractivity (Wildman–Crippen MR) is 107 cm³/mol. The Balaban J connectivity index is 2.00. The lowest BCUT2D eigenvalue weighted by molar-refractivity contribution is 0.182. The van der Waals surface area contributed by atoms with Crippen LogP contribution in [-0.2, 0) is 0 Å². The van der Waals surface area contributed by atoms with E-state index in [1.807, 2.05) is 0 Å². The molecule has 1 heterocycles. The molecule has 158 valence electrons. The average molecular weight is 419 g/mol. The van der Waals surface area contributed by atoms with Crippen molar-refractivity contribution in [3.8, 4) is 0 Å². The summed E-state index contributed by atoms with van der Waals surface area (Å²) in [7, 11) is 0. The fourth-order valence-electron chi connectivity index (χ4n) is 3.28. The molecular weight excluding hydrogens is 399 g/mol. The molecule has 0 radical (unpaired) electrons. The van der Waals surface area contributed by atoms with E-state index in [-0.39, 0.29) is 30.3 Å². The normalized spacial score (nSPS) is 12.0. The fraction of sp³-hybridized carbons (Fsp3) is 0.238. The van der Waals surface area contributed by atoms with Gasteiger partial charge in [-0.05, 0) is 54.6 Å². The van der Waals surface area contributed by atoms with Gasteiger partial charge in [0.25, 0.3) is 5.56 Å². The van der Waals surface area contributed by atoms with Gasteiger partial charge in [-0.25, -0.2) is 18.0 Å². The number of halogens is 3. The molecule has 3 N–H and O–H groups in total. The molecule has 3 aromatic rings. The molecule has 1 aromatic heterocycles. The summed E-state index contributed by atoms with van der Waals surface area (Å²) >= 11 is 0. The van der Waals surface area contributed by atoms with Gasteiger partial charge in [0.2, 0.25) is 0 Å². The van der Waals surface area contributed by atoms with Crippen LogP contribution >= 0.6 is 0 Å². The summed E-state index contributed by atoms with van der Waals surface area (Å²) in [5.41, 5.74) is -0.0302. The zero-order valence-electron chi connectivity index (χ0n) is 16.1. The van der Waals surface area contributed by atoms with Gasteiger partial charge in [0.15, 0.2) is 0 Å². The number of anilines is 1. The number of rotatable bonds is 6. The molecule has 2 aromatic carbocycles. The van der Waals surface area contributed by atoms with Crippen LogP contribution in [0.3, 0.4) is 0 Å². The van der Waals surface area contributed by atoms with Gasteiger partial charge in [-0.2, -0.15) is 0 Å². The van der Waals surface area contributed by atoms with Gasteiger partial charge < -0.3 is 20.3 Å². The van der Waals surface area contributed by atoms with Gasteiger partial charge in [-0.3, -0.25) is 4.79 Å². The number of amides is 2. The Hall–Kier alpha value is -3.33. The number of nitrogens with zero attached hydrogens (tertiary/aromatic N) is 1. The molecule has 0 aliphatic heterocycles. The van der Waals surface area contributed by atoms with E-state index in [9.17, 15) is 27.9 Å².